The predicted molar refractivity (Wildman–Crippen MR) is 128 cm³/mol. The number of hydrogen-bond donors (Lipinski definition) is 1. The minimum atomic E-state index is -0.418. The van der Waals surface area contributed by atoms with Crippen LogP contribution in [-0.4, -0.2) is 15.7 Å². The Morgan fingerprint density at radius 2 is 1.94 bits per heavy atom. The number of aryl methyl sites for hydroxylation is 1. The van der Waals surface area contributed by atoms with Gasteiger partial charge in [-0.1, -0.05) is 59.1 Å². The smallest absolute Gasteiger partial charge is 0.292 e. The van der Waals surface area contributed by atoms with Crippen molar-refractivity contribution < 1.29 is 13.9 Å². The van der Waals surface area contributed by atoms with Crippen LogP contribution in [0.25, 0.3) is 0 Å². The van der Waals surface area contributed by atoms with Gasteiger partial charge in [-0.3, -0.25) is 9.48 Å². The summed E-state index contributed by atoms with van der Waals surface area (Å²) < 4.78 is 13.7. The molecule has 0 fully saturated rings. The first kappa shape index (κ1) is 22.5. The summed E-state index contributed by atoms with van der Waals surface area (Å²) >= 11 is 15.5. The number of carbonyl (C=O) groups excluding carboxylic acids is 1. The number of anilines is 1. The maximum absolute atomic E-state index is 12.6. The number of aromatic nitrogens is 2. The van der Waals surface area contributed by atoms with Crippen LogP contribution >= 0.6 is 39.1 Å². The predicted octanol–water partition coefficient (Wildman–Crippen LogP) is 6.73. The van der Waals surface area contributed by atoms with Crippen LogP contribution < -0.4 is 10.1 Å². The number of nitrogens with zero attached hydrogens (tertiary/aromatic N) is 2. The van der Waals surface area contributed by atoms with E-state index in [0.717, 1.165) is 5.56 Å². The van der Waals surface area contributed by atoms with Gasteiger partial charge in [0, 0.05) is 6.20 Å². The average molecular weight is 535 g/mol. The molecule has 2 aromatic carbocycles. The Morgan fingerprint density at radius 3 is 2.72 bits per heavy atom. The zero-order chi connectivity index (χ0) is 22.7. The van der Waals surface area contributed by atoms with Gasteiger partial charge in [0.15, 0.2) is 11.6 Å². The summed E-state index contributed by atoms with van der Waals surface area (Å²) in [7, 11) is 0. The van der Waals surface area contributed by atoms with E-state index >= 15 is 0 Å². The average Bonchev–Trinajstić information content (AvgIpc) is 3.37. The topological polar surface area (TPSA) is 69.3 Å². The molecule has 0 bridgehead atoms. The lowest BCUT2D eigenvalue weighted by Gasteiger charge is -2.07. The van der Waals surface area contributed by atoms with E-state index in [1.54, 1.807) is 35.0 Å². The van der Waals surface area contributed by atoms with Crippen molar-refractivity contribution >= 4 is 50.9 Å². The van der Waals surface area contributed by atoms with E-state index in [2.05, 4.69) is 38.5 Å². The molecule has 0 aliphatic heterocycles. The standard InChI is InChI=1S/C23H18BrCl2N3O3/c1-14-5-7-15(8-6-14)11-29-12-17(24)22(28-29)27-23(30)20-10-9-16(32-20)13-31-19-4-2-3-18(25)21(19)26/h2-10,12H,11,13H2,1H3,(H,27,28,30). The van der Waals surface area contributed by atoms with Gasteiger partial charge in [-0.05, 0) is 52.7 Å². The normalized spacial score (nSPS) is 10.9. The number of rotatable bonds is 7. The van der Waals surface area contributed by atoms with Crippen LogP contribution in [0.5, 0.6) is 5.75 Å². The molecule has 32 heavy (non-hydrogen) atoms. The quantitative estimate of drug-likeness (QED) is 0.285. The van der Waals surface area contributed by atoms with Gasteiger partial charge in [0.05, 0.1) is 16.0 Å². The number of amides is 1. The molecule has 2 aromatic heterocycles. The maximum Gasteiger partial charge on any atom is 0.292 e. The summed E-state index contributed by atoms with van der Waals surface area (Å²) in [6.07, 6.45) is 1.81. The molecule has 0 saturated heterocycles. The molecule has 164 valence electrons. The van der Waals surface area contributed by atoms with Gasteiger partial charge in [-0.25, -0.2) is 0 Å². The third-order valence-corrected chi connectivity index (χ3v) is 5.97. The summed E-state index contributed by atoms with van der Waals surface area (Å²) in [5.74, 6) is 1.03. The van der Waals surface area contributed by atoms with Gasteiger partial charge in [-0.15, -0.1) is 0 Å². The summed E-state index contributed by atoms with van der Waals surface area (Å²) in [6, 6.07) is 16.5. The van der Waals surface area contributed by atoms with Crippen molar-refractivity contribution in [3.63, 3.8) is 0 Å². The van der Waals surface area contributed by atoms with Crippen molar-refractivity contribution in [2.24, 2.45) is 0 Å². The first-order chi connectivity index (χ1) is 15.4. The summed E-state index contributed by atoms with van der Waals surface area (Å²) in [5, 5.41) is 7.92. The number of nitrogens with one attached hydrogen (secondary N) is 1. The number of furan rings is 1. The Kier molecular flexibility index (Phi) is 6.89. The van der Waals surface area contributed by atoms with Gasteiger partial charge in [0.2, 0.25) is 0 Å². The molecule has 9 heteroatoms. The summed E-state index contributed by atoms with van der Waals surface area (Å²) in [4.78, 5) is 12.6. The van der Waals surface area contributed by atoms with Crippen LogP contribution in [0.15, 0.2) is 69.7 Å². The van der Waals surface area contributed by atoms with Gasteiger partial charge in [0.1, 0.15) is 23.1 Å². The first-order valence-corrected chi connectivity index (χ1v) is 11.2. The van der Waals surface area contributed by atoms with Crippen LogP contribution in [-0.2, 0) is 13.2 Å². The van der Waals surface area contributed by atoms with E-state index in [-0.39, 0.29) is 12.4 Å². The van der Waals surface area contributed by atoms with Crippen LogP contribution in [0.1, 0.15) is 27.4 Å². The fourth-order valence-electron chi connectivity index (χ4n) is 2.93. The van der Waals surface area contributed by atoms with Crippen molar-refractivity contribution in [1.82, 2.24) is 9.78 Å². The van der Waals surface area contributed by atoms with Gasteiger partial charge in [-0.2, -0.15) is 5.10 Å². The van der Waals surface area contributed by atoms with Crippen molar-refractivity contribution in [3.8, 4) is 5.75 Å². The third-order valence-electron chi connectivity index (χ3n) is 4.59. The molecule has 4 rings (SSSR count). The minimum absolute atomic E-state index is 0.0994. The monoisotopic (exact) mass is 533 g/mol. The van der Waals surface area contributed by atoms with Crippen LogP contribution in [0.3, 0.4) is 0 Å². The largest absolute Gasteiger partial charge is 0.484 e. The minimum Gasteiger partial charge on any atom is -0.484 e. The molecule has 2 heterocycles. The van der Waals surface area contributed by atoms with Gasteiger partial charge in [0.25, 0.3) is 5.91 Å². The fourth-order valence-corrected chi connectivity index (χ4v) is 3.70. The Labute approximate surface area is 203 Å². The molecule has 0 aliphatic rings. The van der Waals surface area contributed by atoms with Crippen LogP contribution in [0, 0.1) is 6.92 Å². The van der Waals surface area contributed by atoms with E-state index in [1.807, 2.05) is 25.3 Å². The number of benzene rings is 2. The molecule has 0 saturated carbocycles. The molecule has 4 aromatic rings. The first-order valence-electron chi connectivity index (χ1n) is 9.64. The van der Waals surface area contributed by atoms with Gasteiger partial charge >= 0.3 is 0 Å². The van der Waals surface area contributed by atoms with E-state index in [9.17, 15) is 4.79 Å². The van der Waals surface area contributed by atoms with E-state index in [0.29, 0.717) is 38.4 Å². The van der Waals surface area contributed by atoms with Crippen LogP contribution in [0.2, 0.25) is 10.0 Å². The number of carbonyl (C=O) groups is 1. The Balaban J connectivity index is 1.38. The molecule has 1 N–H and O–H groups in total. The molecule has 0 unspecified atom stereocenters. The van der Waals surface area contributed by atoms with Crippen molar-refractivity contribution in [3.05, 3.63) is 98.0 Å². The Hall–Kier alpha value is -2.74. The van der Waals surface area contributed by atoms with Crippen molar-refractivity contribution in [1.29, 1.82) is 0 Å². The second kappa shape index (κ2) is 9.81. The second-order valence-corrected chi connectivity index (χ2v) is 8.71. The molecule has 0 radical (unpaired) electrons. The highest BCUT2D eigenvalue weighted by molar-refractivity contribution is 9.10. The summed E-state index contributed by atoms with van der Waals surface area (Å²) in [6.45, 7) is 2.73. The highest BCUT2D eigenvalue weighted by Gasteiger charge is 2.16. The fraction of sp³-hybridized carbons (Fsp3) is 0.130. The zero-order valence-corrected chi connectivity index (χ0v) is 20.0. The SMILES string of the molecule is Cc1ccc(Cn2cc(Br)c(NC(=O)c3ccc(COc4cccc(Cl)c4Cl)o3)n2)cc1. The molecule has 0 aliphatic carbocycles. The lowest BCUT2D eigenvalue weighted by Crippen LogP contribution is -2.12. The number of ether oxygens (including phenoxy) is 1. The number of halogens is 3. The number of hydrogen-bond acceptors (Lipinski definition) is 4. The lowest BCUT2D eigenvalue weighted by atomic mass is 10.1. The molecular weight excluding hydrogens is 517 g/mol. The Morgan fingerprint density at radius 1 is 1.16 bits per heavy atom. The third kappa shape index (κ3) is 5.35. The maximum atomic E-state index is 12.6. The highest BCUT2D eigenvalue weighted by atomic mass is 79.9. The lowest BCUT2D eigenvalue weighted by molar-refractivity contribution is 0.0992. The summed E-state index contributed by atoms with van der Waals surface area (Å²) in [5.41, 5.74) is 2.31. The molecule has 6 nitrogen and oxygen atoms in total. The van der Waals surface area contributed by atoms with E-state index in [4.69, 9.17) is 32.4 Å². The highest BCUT2D eigenvalue weighted by Crippen LogP contribution is 2.32. The Bertz CT molecular complexity index is 1250. The van der Waals surface area contributed by atoms with Gasteiger partial charge < -0.3 is 14.5 Å². The molecule has 0 spiro atoms. The molecule has 0 atom stereocenters. The molecular formula is C23H18BrCl2N3O3. The van der Waals surface area contributed by atoms with Crippen molar-refractivity contribution in [2.75, 3.05) is 5.32 Å². The second-order valence-electron chi connectivity index (χ2n) is 7.07. The van der Waals surface area contributed by atoms with Crippen molar-refractivity contribution in [2.45, 2.75) is 20.1 Å². The van der Waals surface area contributed by atoms with Crippen LogP contribution in [0.4, 0.5) is 5.82 Å². The van der Waals surface area contributed by atoms with E-state index < -0.39 is 5.91 Å². The zero-order valence-electron chi connectivity index (χ0n) is 16.9. The van der Waals surface area contributed by atoms with E-state index in [1.165, 1.54) is 5.56 Å². The molecule has 1 amide bonds.